The number of nitrogens with zero attached hydrogens (tertiary/aromatic N) is 2. The van der Waals surface area contributed by atoms with Crippen molar-refractivity contribution in [1.29, 1.82) is 0 Å². The monoisotopic (exact) mass is 394 g/mol. The van der Waals surface area contributed by atoms with Crippen LogP contribution in [0.2, 0.25) is 5.02 Å². The third kappa shape index (κ3) is 3.39. The summed E-state index contributed by atoms with van der Waals surface area (Å²) in [4.78, 5) is 24.9. The lowest BCUT2D eigenvalue weighted by Gasteiger charge is -2.10. The Bertz CT molecular complexity index is 1070. The van der Waals surface area contributed by atoms with Crippen LogP contribution < -0.4 is 10.6 Å². The molecule has 0 saturated carbocycles. The third-order valence-electron chi connectivity index (χ3n) is 4.83. The van der Waals surface area contributed by atoms with Gasteiger partial charge >= 0.3 is 0 Å². The molecule has 0 fully saturated rings. The largest absolute Gasteiger partial charge is 0.326 e. The van der Waals surface area contributed by atoms with Crippen molar-refractivity contribution in [2.24, 2.45) is 0 Å². The topological polar surface area (TPSA) is 76.0 Å². The van der Waals surface area contributed by atoms with Gasteiger partial charge in [-0.2, -0.15) is 5.10 Å². The number of amides is 2. The van der Waals surface area contributed by atoms with E-state index >= 15 is 0 Å². The molecular weight excluding hydrogens is 376 g/mol. The molecule has 7 heteroatoms. The number of aryl methyl sites for hydroxylation is 2. The Balaban J connectivity index is 1.52. The smallest absolute Gasteiger partial charge is 0.251 e. The zero-order chi connectivity index (χ0) is 19.8. The summed E-state index contributed by atoms with van der Waals surface area (Å²) in [6, 6.07) is 12.6. The number of carbonyl (C=O) groups is 2. The second kappa shape index (κ2) is 7.13. The maximum absolute atomic E-state index is 12.5. The minimum atomic E-state index is -0.685. The fraction of sp³-hybridized carbons (Fsp3) is 0.190. The first-order valence-electron chi connectivity index (χ1n) is 8.94. The molecule has 1 aliphatic rings. The molecule has 2 N–H and O–H groups in total. The summed E-state index contributed by atoms with van der Waals surface area (Å²) < 4.78 is 1.58. The lowest BCUT2D eigenvalue weighted by atomic mass is 10.1. The van der Waals surface area contributed by atoms with Crippen molar-refractivity contribution in [3.05, 3.63) is 64.8 Å². The Morgan fingerprint density at radius 1 is 1.21 bits per heavy atom. The lowest BCUT2D eigenvalue weighted by molar-refractivity contribution is -0.123. The molecule has 0 saturated heterocycles. The number of hydrogen-bond donors (Lipinski definition) is 2. The van der Waals surface area contributed by atoms with E-state index in [1.165, 1.54) is 0 Å². The van der Waals surface area contributed by atoms with Crippen molar-refractivity contribution < 1.29 is 9.59 Å². The van der Waals surface area contributed by atoms with Gasteiger partial charge in [0.2, 0.25) is 5.91 Å². The van der Waals surface area contributed by atoms with Gasteiger partial charge in [-0.15, -0.1) is 0 Å². The van der Waals surface area contributed by atoms with Crippen molar-refractivity contribution in [2.75, 3.05) is 10.6 Å². The number of fused-ring (bicyclic) bond motifs is 1. The van der Waals surface area contributed by atoms with E-state index in [-0.39, 0.29) is 18.2 Å². The summed E-state index contributed by atoms with van der Waals surface area (Å²) in [5, 5.41) is 10.6. The van der Waals surface area contributed by atoms with Crippen LogP contribution in [0, 0.1) is 13.8 Å². The maximum atomic E-state index is 12.5. The molecule has 3 aromatic rings. The van der Waals surface area contributed by atoms with E-state index in [1.54, 1.807) is 23.0 Å². The SMILES string of the molecule is Cc1ccc(-c2cnn3c2NC(=O)C3CC(=O)Nc2ccc(C)c(Cl)c2)cc1. The van der Waals surface area contributed by atoms with Crippen LogP contribution in [-0.4, -0.2) is 21.6 Å². The first kappa shape index (κ1) is 18.3. The van der Waals surface area contributed by atoms with Crippen molar-refractivity contribution >= 4 is 34.9 Å². The van der Waals surface area contributed by atoms with Gasteiger partial charge in [-0.3, -0.25) is 9.59 Å². The summed E-state index contributed by atoms with van der Waals surface area (Å²) >= 11 is 6.10. The van der Waals surface area contributed by atoms with Gasteiger partial charge in [0.05, 0.1) is 12.6 Å². The lowest BCUT2D eigenvalue weighted by Crippen LogP contribution is -2.23. The number of carbonyl (C=O) groups excluding carboxylic acids is 2. The van der Waals surface area contributed by atoms with Gasteiger partial charge in [0.1, 0.15) is 11.9 Å². The summed E-state index contributed by atoms with van der Waals surface area (Å²) in [6.45, 7) is 3.91. The van der Waals surface area contributed by atoms with Crippen LogP contribution in [0.5, 0.6) is 0 Å². The highest BCUT2D eigenvalue weighted by molar-refractivity contribution is 6.31. The molecule has 0 radical (unpaired) electrons. The van der Waals surface area contributed by atoms with E-state index in [9.17, 15) is 9.59 Å². The Labute approximate surface area is 167 Å². The molecule has 2 aromatic carbocycles. The van der Waals surface area contributed by atoms with Crippen molar-refractivity contribution in [2.45, 2.75) is 26.3 Å². The van der Waals surface area contributed by atoms with E-state index in [4.69, 9.17) is 11.6 Å². The average molecular weight is 395 g/mol. The Hall–Kier alpha value is -3.12. The Morgan fingerprint density at radius 2 is 1.96 bits per heavy atom. The van der Waals surface area contributed by atoms with Gasteiger partial charge in [0.25, 0.3) is 5.91 Å². The van der Waals surface area contributed by atoms with Crippen LogP contribution in [0.3, 0.4) is 0 Å². The van der Waals surface area contributed by atoms with Gasteiger partial charge in [0, 0.05) is 16.3 Å². The maximum Gasteiger partial charge on any atom is 0.251 e. The van der Waals surface area contributed by atoms with E-state index in [1.807, 2.05) is 44.2 Å². The quantitative estimate of drug-likeness (QED) is 0.691. The van der Waals surface area contributed by atoms with Gasteiger partial charge in [-0.05, 0) is 37.1 Å². The standard InChI is InChI=1S/C21H19ClN4O2/c1-12-3-6-14(7-4-12)16-11-23-26-18(21(28)25-20(16)26)10-19(27)24-15-8-5-13(2)17(22)9-15/h3-9,11,18H,10H2,1-2H3,(H,24,27)(H,25,28). The molecule has 2 heterocycles. The third-order valence-corrected chi connectivity index (χ3v) is 5.24. The van der Waals surface area contributed by atoms with Crippen LogP contribution in [-0.2, 0) is 9.59 Å². The number of benzene rings is 2. The fourth-order valence-electron chi connectivity index (χ4n) is 3.22. The molecular formula is C21H19ClN4O2. The zero-order valence-electron chi connectivity index (χ0n) is 15.5. The molecule has 1 aliphatic heterocycles. The molecule has 6 nitrogen and oxygen atoms in total. The first-order valence-corrected chi connectivity index (χ1v) is 9.31. The molecule has 0 spiro atoms. The fourth-order valence-corrected chi connectivity index (χ4v) is 3.40. The number of halogens is 1. The van der Waals surface area contributed by atoms with Gasteiger partial charge in [0.15, 0.2) is 0 Å². The van der Waals surface area contributed by atoms with Crippen molar-refractivity contribution in [3.8, 4) is 11.1 Å². The number of hydrogen-bond acceptors (Lipinski definition) is 3. The van der Waals surface area contributed by atoms with Gasteiger partial charge in [-0.25, -0.2) is 4.68 Å². The number of nitrogens with one attached hydrogen (secondary N) is 2. The number of aromatic nitrogens is 2. The molecule has 0 aliphatic carbocycles. The molecule has 142 valence electrons. The van der Waals surface area contributed by atoms with Gasteiger partial charge < -0.3 is 10.6 Å². The molecule has 1 atom stereocenters. The molecule has 2 amide bonds. The zero-order valence-corrected chi connectivity index (χ0v) is 16.2. The van der Waals surface area contributed by atoms with Crippen LogP contribution in [0.25, 0.3) is 11.1 Å². The second-order valence-electron chi connectivity index (χ2n) is 6.94. The normalized spacial score (nSPS) is 15.2. The van der Waals surface area contributed by atoms with E-state index in [0.717, 1.165) is 22.3 Å². The Morgan fingerprint density at radius 3 is 2.68 bits per heavy atom. The number of rotatable bonds is 4. The van der Waals surface area contributed by atoms with E-state index < -0.39 is 6.04 Å². The van der Waals surface area contributed by atoms with Gasteiger partial charge in [-0.1, -0.05) is 47.5 Å². The second-order valence-corrected chi connectivity index (χ2v) is 7.35. The highest BCUT2D eigenvalue weighted by Crippen LogP contribution is 2.35. The molecule has 1 aromatic heterocycles. The van der Waals surface area contributed by atoms with E-state index in [2.05, 4.69) is 15.7 Å². The minimum Gasteiger partial charge on any atom is -0.326 e. The predicted octanol–water partition coefficient (Wildman–Crippen LogP) is 4.34. The van der Waals surface area contributed by atoms with E-state index in [0.29, 0.717) is 16.5 Å². The summed E-state index contributed by atoms with van der Waals surface area (Å²) in [5.74, 6) is 0.0962. The summed E-state index contributed by atoms with van der Waals surface area (Å²) in [5.41, 5.74) is 4.48. The Kier molecular flexibility index (Phi) is 4.65. The highest BCUT2D eigenvalue weighted by atomic mass is 35.5. The van der Waals surface area contributed by atoms with Crippen LogP contribution >= 0.6 is 11.6 Å². The number of anilines is 2. The molecule has 1 unspecified atom stereocenters. The van der Waals surface area contributed by atoms with Crippen LogP contribution in [0.15, 0.2) is 48.7 Å². The minimum absolute atomic E-state index is 0.0145. The molecule has 0 bridgehead atoms. The van der Waals surface area contributed by atoms with Crippen molar-refractivity contribution in [3.63, 3.8) is 0 Å². The summed E-state index contributed by atoms with van der Waals surface area (Å²) in [7, 11) is 0. The van der Waals surface area contributed by atoms with Crippen LogP contribution in [0.4, 0.5) is 11.5 Å². The molecule has 4 rings (SSSR count). The first-order chi connectivity index (χ1) is 13.4. The predicted molar refractivity (Wildman–Crippen MR) is 110 cm³/mol. The molecule has 28 heavy (non-hydrogen) atoms. The highest BCUT2D eigenvalue weighted by Gasteiger charge is 2.35. The van der Waals surface area contributed by atoms with Crippen LogP contribution in [0.1, 0.15) is 23.6 Å². The average Bonchev–Trinajstić information content (AvgIpc) is 3.19. The summed E-state index contributed by atoms with van der Waals surface area (Å²) in [6.07, 6.45) is 1.70. The van der Waals surface area contributed by atoms with Crippen molar-refractivity contribution in [1.82, 2.24) is 9.78 Å².